The van der Waals surface area contributed by atoms with Crippen molar-refractivity contribution in [2.45, 2.75) is 28.8 Å². The van der Waals surface area contributed by atoms with Gasteiger partial charge >= 0.3 is 0 Å². The summed E-state index contributed by atoms with van der Waals surface area (Å²) >= 11 is 2.25. The molecule has 1 unspecified atom stereocenters. The fourth-order valence-corrected chi connectivity index (χ4v) is 4.71. The van der Waals surface area contributed by atoms with Crippen molar-refractivity contribution < 1.29 is 9.84 Å². The quantitative estimate of drug-likeness (QED) is 0.426. The SMILES string of the molecule is C=P(C)(C)CC[C@H]1OC(n2cnc3c(N)ccnc32)[C@H](I)[C@@H]1O. The predicted molar refractivity (Wildman–Crippen MR) is 105 cm³/mol. The first-order chi connectivity index (χ1) is 10.8. The van der Waals surface area contributed by atoms with Gasteiger partial charge in [-0.2, -0.15) is 0 Å². The highest BCUT2D eigenvalue weighted by molar-refractivity contribution is 14.1. The maximum atomic E-state index is 10.5. The van der Waals surface area contributed by atoms with Crippen molar-refractivity contribution in [3.8, 4) is 0 Å². The van der Waals surface area contributed by atoms with Crippen LogP contribution in [0.3, 0.4) is 0 Å². The van der Waals surface area contributed by atoms with Gasteiger partial charge in [0.25, 0.3) is 0 Å². The van der Waals surface area contributed by atoms with Crippen molar-refractivity contribution in [2.75, 3.05) is 25.2 Å². The zero-order valence-electron chi connectivity index (χ0n) is 13.3. The van der Waals surface area contributed by atoms with Gasteiger partial charge in [-0.1, -0.05) is 22.6 Å². The Balaban J connectivity index is 1.85. The van der Waals surface area contributed by atoms with Crippen LogP contribution < -0.4 is 5.73 Å². The van der Waals surface area contributed by atoms with Crippen LogP contribution in [0.5, 0.6) is 0 Å². The van der Waals surface area contributed by atoms with Gasteiger partial charge < -0.3 is 15.6 Å². The first kappa shape index (κ1) is 17.2. The number of hydrogen-bond donors (Lipinski definition) is 2. The predicted octanol–water partition coefficient (Wildman–Crippen LogP) is 2.17. The van der Waals surface area contributed by atoms with E-state index in [1.165, 1.54) is 0 Å². The molecule has 0 aliphatic carbocycles. The second-order valence-corrected chi connectivity index (χ2v) is 12.4. The molecule has 0 saturated carbocycles. The molecule has 3 heterocycles. The van der Waals surface area contributed by atoms with Crippen molar-refractivity contribution in [3.63, 3.8) is 0 Å². The summed E-state index contributed by atoms with van der Waals surface area (Å²) in [6.45, 7) is 3.26. The van der Waals surface area contributed by atoms with E-state index < -0.39 is 13.0 Å². The van der Waals surface area contributed by atoms with Crippen LogP contribution in [0, 0.1) is 0 Å². The van der Waals surface area contributed by atoms with E-state index in [1.54, 1.807) is 18.6 Å². The van der Waals surface area contributed by atoms with Crippen molar-refractivity contribution in [3.05, 3.63) is 18.6 Å². The summed E-state index contributed by atoms with van der Waals surface area (Å²) in [6, 6.07) is 1.73. The van der Waals surface area contributed by atoms with E-state index in [0.29, 0.717) is 16.9 Å². The summed E-state index contributed by atoms with van der Waals surface area (Å²) in [5.41, 5.74) is 7.90. The fourth-order valence-electron chi connectivity index (χ4n) is 2.78. The second kappa shape index (κ2) is 6.35. The monoisotopic (exact) mass is 448 g/mol. The Bertz CT molecular complexity index is 759. The van der Waals surface area contributed by atoms with Crippen LogP contribution in [0.4, 0.5) is 5.69 Å². The standard InChI is InChI=1S/C15H22IN4O2P/c1-23(2,3)7-5-10-13(21)11(16)15(22-10)20-8-19-12-9(17)4-6-18-14(12)20/h4,6,8,10-11,13,15,21H,1,5,7H2,2-3H3,(H2,17,18)/t10-,11-,13-,15?/m1/s1. The Kier molecular flexibility index (Phi) is 4.75. The van der Waals surface area contributed by atoms with Gasteiger partial charge in [0, 0.05) is 6.20 Å². The summed E-state index contributed by atoms with van der Waals surface area (Å²) in [6.07, 6.45) is 8.43. The first-order valence-corrected chi connectivity index (χ1v) is 11.8. The fraction of sp³-hybridized carbons (Fsp3) is 0.533. The van der Waals surface area contributed by atoms with Crippen LogP contribution in [0.1, 0.15) is 12.6 Å². The minimum absolute atomic E-state index is 0.0653. The number of halogens is 1. The summed E-state index contributed by atoms with van der Waals surface area (Å²) in [4.78, 5) is 8.71. The molecule has 8 heteroatoms. The number of imidazole rings is 1. The molecule has 3 rings (SSSR count). The number of hydrogen-bond acceptors (Lipinski definition) is 5. The topological polar surface area (TPSA) is 86.2 Å². The molecule has 4 atom stereocenters. The molecule has 0 amide bonds. The van der Waals surface area contributed by atoms with Crippen LogP contribution in [0.2, 0.25) is 0 Å². The molecule has 2 aromatic rings. The van der Waals surface area contributed by atoms with Crippen LogP contribution >= 0.6 is 29.5 Å². The maximum absolute atomic E-state index is 10.5. The molecule has 1 aliphatic heterocycles. The number of nitrogens with zero attached hydrogens (tertiary/aromatic N) is 3. The van der Waals surface area contributed by atoms with Crippen molar-refractivity contribution >= 4 is 52.6 Å². The third-order valence-corrected chi connectivity index (χ3v) is 6.90. The molecule has 1 aliphatic rings. The minimum Gasteiger partial charge on any atom is -0.397 e. The Labute approximate surface area is 149 Å². The molecular formula is C15H22IN4O2P. The van der Waals surface area contributed by atoms with Gasteiger partial charge in [-0.05, 0) is 32.0 Å². The van der Waals surface area contributed by atoms with Gasteiger partial charge in [0.15, 0.2) is 11.9 Å². The number of aliphatic hydroxyl groups is 1. The largest absolute Gasteiger partial charge is 0.397 e. The van der Waals surface area contributed by atoms with E-state index in [0.717, 1.165) is 12.6 Å². The molecule has 6 nitrogen and oxygen atoms in total. The summed E-state index contributed by atoms with van der Waals surface area (Å²) < 4.78 is 7.95. The average Bonchev–Trinajstić information content (AvgIpc) is 3.01. The van der Waals surface area contributed by atoms with Gasteiger partial charge in [-0.3, -0.25) is 4.57 Å². The number of pyridine rings is 1. The highest BCUT2D eigenvalue weighted by Crippen LogP contribution is 2.42. The summed E-state index contributed by atoms with van der Waals surface area (Å²) in [7, 11) is 0. The number of ether oxygens (including phenoxy) is 1. The number of aliphatic hydroxyl groups excluding tert-OH is 1. The van der Waals surface area contributed by atoms with E-state index in [4.69, 9.17) is 10.5 Å². The molecule has 23 heavy (non-hydrogen) atoms. The van der Waals surface area contributed by atoms with Crippen LogP contribution in [0.15, 0.2) is 18.6 Å². The number of nitrogen functional groups attached to an aromatic ring is 1. The molecule has 0 bridgehead atoms. The lowest BCUT2D eigenvalue weighted by Crippen LogP contribution is -2.27. The van der Waals surface area contributed by atoms with E-state index in [2.05, 4.69) is 52.2 Å². The van der Waals surface area contributed by atoms with Gasteiger partial charge in [0.1, 0.15) is 5.52 Å². The zero-order chi connectivity index (χ0) is 16.8. The van der Waals surface area contributed by atoms with Gasteiger partial charge in [0.2, 0.25) is 0 Å². The second-order valence-electron chi connectivity index (χ2n) is 6.67. The third-order valence-electron chi connectivity index (χ3n) is 4.08. The lowest BCUT2D eigenvalue weighted by atomic mass is 10.1. The lowest BCUT2D eigenvalue weighted by molar-refractivity contribution is -0.0173. The first-order valence-electron chi connectivity index (χ1n) is 7.50. The normalized spacial score (nSPS) is 28.5. The highest BCUT2D eigenvalue weighted by Gasteiger charge is 2.43. The molecule has 1 saturated heterocycles. The number of alkyl halides is 1. The van der Waals surface area contributed by atoms with Crippen LogP contribution in [0.25, 0.3) is 11.2 Å². The van der Waals surface area contributed by atoms with Crippen molar-refractivity contribution in [2.24, 2.45) is 0 Å². The Hall–Kier alpha value is -0.630. The smallest absolute Gasteiger partial charge is 0.164 e. The molecule has 2 aromatic heterocycles. The minimum atomic E-state index is -1.13. The summed E-state index contributed by atoms with van der Waals surface area (Å²) in [5.74, 6) is 0. The molecule has 1 fully saturated rings. The molecule has 126 valence electrons. The Morgan fingerprint density at radius 2 is 2.22 bits per heavy atom. The van der Waals surface area contributed by atoms with E-state index in [9.17, 15) is 5.11 Å². The third kappa shape index (κ3) is 3.43. The molecule has 0 aromatic carbocycles. The van der Waals surface area contributed by atoms with Crippen molar-refractivity contribution in [1.29, 1.82) is 0 Å². The molecule has 0 radical (unpaired) electrons. The van der Waals surface area contributed by atoms with Gasteiger partial charge in [0.05, 0.1) is 28.1 Å². The van der Waals surface area contributed by atoms with Crippen LogP contribution in [-0.2, 0) is 4.74 Å². The number of nitrogens with two attached hydrogens (primary N) is 1. The lowest BCUT2D eigenvalue weighted by Gasteiger charge is -2.19. The van der Waals surface area contributed by atoms with E-state index in [-0.39, 0.29) is 16.3 Å². The number of anilines is 1. The van der Waals surface area contributed by atoms with E-state index in [1.807, 2.05) is 4.57 Å². The average molecular weight is 448 g/mol. The molecular weight excluding hydrogens is 426 g/mol. The van der Waals surface area contributed by atoms with Crippen molar-refractivity contribution in [1.82, 2.24) is 14.5 Å². The number of aromatic nitrogens is 3. The molecule has 3 N–H and O–H groups in total. The Morgan fingerprint density at radius 1 is 1.48 bits per heavy atom. The zero-order valence-corrected chi connectivity index (χ0v) is 16.3. The maximum Gasteiger partial charge on any atom is 0.164 e. The van der Waals surface area contributed by atoms with Crippen LogP contribution in [-0.4, -0.2) is 61.6 Å². The van der Waals surface area contributed by atoms with E-state index >= 15 is 0 Å². The molecule has 0 spiro atoms. The number of rotatable bonds is 4. The number of fused-ring (bicyclic) bond motifs is 1. The van der Waals surface area contributed by atoms with Gasteiger partial charge in [-0.25, -0.2) is 9.97 Å². The Morgan fingerprint density at radius 3 is 2.91 bits per heavy atom. The van der Waals surface area contributed by atoms with Gasteiger partial charge in [-0.15, -0.1) is 13.2 Å². The summed E-state index contributed by atoms with van der Waals surface area (Å²) in [5, 5.41) is 10.5. The highest BCUT2D eigenvalue weighted by atomic mass is 127.